The number of rotatable bonds is 4. The number of H-pyrrole nitrogens is 1. The SMILES string of the molecule is Cc1ccc(Cl)cc1NC(=O)[C@@H](N)Cc1c[nH]c2ccccc12. The van der Waals surface area contributed by atoms with Crippen LogP contribution < -0.4 is 11.1 Å². The fourth-order valence-electron chi connectivity index (χ4n) is 2.58. The molecule has 5 heteroatoms. The Bertz CT molecular complexity index is 856. The van der Waals surface area contributed by atoms with Crippen LogP contribution in [0.25, 0.3) is 10.9 Å². The van der Waals surface area contributed by atoms with Gasteiger partial charge in [0.2, 0.25) is 5.91 Å². The van der Waals surface area contributed by atoms with Crippen LogP contribution in [0.5, 0.6) is 0 Å². The van der Waals surface area contributed by atoms with E-state index in [1.165, 1.54) is 0 Å². The topological polar surface area (TPSA) is 70.9 Å². The molecule has 3 aromatic rings. The number of benzene rings is 2. The quantitative estimate of drug-likeness (QED) is 0.684. The molecule has 0 aliphatic rings. The van der Waals surface area contributed by atoms with Crippen LogP contribution in [0, 0.1) is 6.92 Å². The second kappa shape index (κ2) is 6.44. The molecule has 0 spiro atoms. The van der Waals surface area contributed by atoms with Crippen LogP contribution in [0.4, 0.5) is 5.69 Å². The van der Waals surface area contributed by atoms with Crippen molar-refractivity contribution in [1.82, 2.24) is 4.98 Å². The summed E-state index contributed by atoms with van der Waals surface area (Å²) in [5.74, 6) is -0.222. The van der Waals surface area contributed by atoms with Gasteiger partial charge in [0, 0.05) is 27.8 Å². The van der Waals surface area contributed by atoms with Crippen LogP contribution in [-0.4, -0.2) is 16.9 Å². The van der Waals surface area contributed by atoms with Gasteiger partial charge in [0.15, 0.2) is 0 Å². The molecule has 23 heavy (non-hydrogen) atoms. The third-order valence-electron chi connectivity index (χ3n) is 3.91. The fourth-order valence-corrected chi connectivity index (χ4v) is 2.76. The molecule has 3 rings (SSSR count). The molecule has 0 fully saturated rings. The number of carbonyl (C=O) groups excluding carboxylic acids is 1. The summed E-state index contributed by atoms with van der Waals surface area (Å²) >= 11 is 5.97. The smallest absolute Gasteiger partial charge is 0.241 e. The zero-order valence-corrected chi connectivity index (χ0v) is 13.5. The molecule has 1 atom stereocenters. The van der Waals surface area contributed by atoms with E-state index >= 15 is 0 Å². The molecule has 0 unspecified atom stereocenters. The Morgan fingerprint density at radius 3 is 2.91 bits per heavy atom. The zero-order valence-electron chi connectivity index (χ0n) is 12.8. The number of hydrogen-bond donors (Lipinski definition) is 3. The molecule has 1 heterocycles. The van der Waals surface area contributed by atoms with Crippen LogP contribution in [0.15, 0.2) is 48.7 Å². The van der Waals surface area contributed by atoms with Crippen LogP contribution in [0.2, 0.25) is 5.02 Å². The molecule has 4 N–H and O–H groups in total. The van der Waals surface area contributed by atoms with Gasteiger partial charge in [-0.05, 0) is 42.7 Å². The highest BCUT2D eigenvalue weighted by Gasteiger charge is 2.17. The van der Waals surface area contributed by atoms with E-state index in [1.807, 2.05) is 43.5 Å². The first-order chi connectivity index (χ1) is 11.0. The summed E-state index contributed by atoms with van der Waals surface area (Å²) in [4.78, 5) is 15.5. The van der Waals surface area contributed by atoms with Gasteiger partial charge in [0.05, 0.1) is 6.04 Å². The molecule has 0 aliphatic heterocycles. The maximum absolute atomic E-state index is 12.3. The number of carbonyl (C=O) groups is 1. The summed E-state index contributed by atoms with van der Waals surface area (Å²) in [5, 5.41) is 4.52. The van der Waals surface area contributed by atoms with Gasteiger partial charge >= 0.3 is 0 Å². The number of fused-ring (bicyclic) bond motifs is 1. The summed E-state index contributed by atoms with van der Waals surface area (Å²) < 4.78 is 0. The summed E-state index contributed by atoms with van der Waals surface area (Å²) in [6.07, 6.45) is 2.37. The molecule has 1 aromatic heterocycles. The van der Waals surface area contributed by atoms with Crippen molar-refractivity contribution in [3.05, 3.63) is 64.8 Å². The van der Waals surface area contributed by atoms with Crippen LogP contribution in [0.1, 0.15) is 11.1 Å². The predicted octanol–water partition coefficient (Wildman–Crippen LogP) is 3.64. The van der Waals surface area contributed by atoms with Crippen molar-refractivity contribution in [3.63, 3.8) is 0 Å². The molecule has 0 aliphatic carbocycles. The number of aromatic nitrogens is 1. The molecule has 4 nitrogen and oxygen atoms in total. The average molecular weight is 328 g/mol. The minimum absolute atomic E-state index is 0.222. The number of nitrogens with one attached hydrogen (secondary N) is 2. The van der Waals surface area contributed by atoms with Gasteiger partial charge in [0.1, 0.15) is 0 Å². The molecule has 2 aromatic carbocycles. The number of para-hydroxylation sites is 1. The summed E-state index contributed by atoms with van der Waals surface area (Å²) in [6, 6.07) is 12.7. The second-order valence-corrected chi connectivity index (χ2v) is 6.06. The third-order valence-corrected chi connectivity index (χ3v) is 4.14. The Labute approximate surface area is 139 Å². The van der Waals surface area contributed by atoms with E-state index in [2.05, 4.69) is 10.3 Å². The minimum atomic E-state index is -0.632. The van der Waals surface area contributed by atoms with Gasteiger partial charge in [-0.15, -0.1) is 0 Å². The number of hydrogen-bond acceptors (Lipinski definition) is 2. The lowest BCUT2D eigenvalue weighted by molar-refractivity contribution is -0.117. The number of nitrogens with two attached hydrogens (primary N) is 1. The van der Waals surface area contributed by atoms with Gasteiger partial charge in [-0.2, -0.15) is 0 Å². The van der Waals surface area contributed by atoms with Gasteiger partial charge in [0.25, 0.3) is 0 Å². The Balaban J connectivity index is 1.74. The summed E-state index contributed by atoms with van der Waals surface area (Å²) in [7, 11) is 0. The Morgan fingerprint density at radius 2 is 2.09 bits per heavy atom. The van der Waals surface area contributed by atoms with Crippen molar-refractivity contribution in [3.8, 4) is 0 Å². The number of aromatic amines is 1. The van der Waals surface area contributed by atoms with E-state index in [9.17, 15) is 4.79 Å². The Morgan fingerprint density at radius 1 is 1.30 bits per heavy atom. The largest absolute Gasteiger partial charge is 0.361 e. The average Bonchev–Trinajstić information content (AvgIpc) is 2.94. The summed E-state index contributed by atoms with van der Waals surface area (Å²) in [5.41, 5.74) is 9.79. The van der Waals surface area contributed by atoms with Crippen molar-refractivity contribution in [2.75, 3.05) is 5.32 Å². The van der Waals surface area contributed by atoms with Gasteiger partial charge < -0.3 is 16.0 Å². The first kappa shape index (κ1) is 15.6. The van der Waals surface area contributed by atoms with E-state index in [0.29, 0.717) is 17.1 Å². The van der Waals surface area contributed by atoms with Crippen LogP contribution in [-0.2, 0) is 11.2 Å². The van der Waals surface area contributed by atoms with E-state index in [-0.39, 0.29) is 5.91 Å². The molecule has 0 radical (unpaired) electrons. The number of amides is 1. The minimum Gasteiger partial charge on any atom is -0.361 e. The highest BCUT2D eigenvalue weighted by atomic mass is 35.5. The van der Waals surface area contributed by atoms with Crippen molar-refractivity contribution in [2.45, 2.75) is 19.4 Å². The predicted molar refractivity (Wildman–Crippen MR) is 94.8 cm³/mol. The van der Waals surface area contributed by atoms with E-state index in [4.69, 9.17) is 17.3 Å². The molecular formula is C18H18ClN3O. The third kappa shape index (κ3) is 3.38. The van der Waals surface area contributed by atoms with Gasteiger partial charge in [-0.1, -0.05) is 35.9 Å². The molecular weight excluding hydrogens is 310 g/mol. The van der Waals surface area contributed by atoms with E-state index < -0.39 is 6.04 Å². The Kier molecular flexibility index (Phi) is 4.37. The molecule has 118 valence electrons. The maximum Gasteiger partial charge on any atom is 0.241 e. The summed E-state index contributed by atoms with van der Waals surface area (Å²) in [6.45, 7) is 1.91. The highest BCUT2D eigenvalue weighted by molar-refractivity contribution is 6.31. The van der Waals surface area contributed by atoms with Crippen molar-refractivity contribution in [1.29, 1.82) is 0 Å². The lowest BCUT2D eigenvalue weighted by Gasteiger charge is -2.14. The maximum atomic E-state index is 12.3. The number of halogens is 1. The zero-order chi connectivity index (χ0) is 16.4. The van der Waals surface area contributed by atoms with E-state index in [0.717, 1.165) is 22.0 Å². The van der Waals surface area contributed by atoms with Crippen molar-refractivity contribution in [2.24, 2.45) is 5.73 Å². The number of anilines is 1. The number of aryl methyl sites for hydroxylation is 1. The van der Waals surface area contributed by atoms with E-state index in [1.54, 1.807) is 12.1 Å². The van der Waals surface area contributed by atoms with Gasteiger partial charge in [-0.3, -0.25) is 4.79 Å². The Hall–Kier alpha value is -2.30. The normalized spacial score (nSPS) is 12.3. The van der Waals surface area contributed by atoms with Crippen LogP contribution >= 0.6 is 11.6 Å². The van der Waals surface area contributed by atoms with Crippen LogP contribution in [0.3, 0.4) is 0 Å². The van der Waals surface area contributed by atoms with Crippen molar-refractivity contribution < 1.29 is 4.79 Å². The van der Waals surface area contributed by atoms with Crippen molar-refractivity contribution >= 4 is 34.1 Å². The lowest BCUT2D eigenvalue weighted by atomic mass is 10.0. The first-order valence-electron chi connectivity index (χ1n) is 7.42. The highest BCUT2D eigenvalue weighted by Crippen LogP contribution is 2.21. The fraction of sp³-hybridized carbons (Fsp3) is 0.167. The molecule has 1 amide bonds. The second-order valence-electron chi connectivity index (χ2n) is 5.62. The molecule has 0 saturated carbocycles. The van der Waals surface area contributed by atoms with Gasteiger partial charge in [-0.25, -0.2) is 0 Å². The monoisotopic (exact) mass is 327 g/mol. The standard InChI is InChI=1S/C18H18ClN3O/c1-11-6-7-13(19)9-17(11)22-18(23)15(20)8-12-10-21-16-5-3-2-4-14(12)16/h2-7,9-10,15,21H,8,20H2,1H3,(H,22,23)/t15-/m0/s1. The molecule has 0 bridgehead atoms. The molecule has 0 saturated heterocycles. The lowest BCUT2D eigenvalue weighted by Crippen LogP contribution is -2.37. The first-order valence-corrected chi connectivity index (χ1v) is 7.80.